The van der Waals surface area contributed by atoms with Gasteiger partial charge in [0.2, 0.25) is 0 Å². The highest BCUT2D eigenvalue weighted by molar-refractivity contribution is 5.19. The van der Waals surface area contributed by atoms with Crippen LogP contribution < -0.4 is 0 Å². The lowest BCUT2D eigenvalue weighted by molar-refractivity contribution is 0.153. The number of hydrogen-bond acceptors (Lipinski definition) is 2. The van der Waals surface area contributed by atoms with E-state index in [-0.39, 0.29) is 0 Å². The topological polar surface area (TPSA) is 23.5 Å². The monoisotopic (exact) mass is 245 g/mol. The Morgan fingerprint density at radius 2 is 1.94 bits per heavy atom. The van der Waals surface area contributed by atoms with E-state index in [1.165, 1.54) is 18.4 Å². The number of nitrogens with zero attached hydrogens (tertiary/aromatic N) is 1. The third-order valence-electron chi connectivity index (χ3n) is 5.18. The Morgan fingerprint density at radius 3 is 2.50 bits per heavy atom. The minimum absolute atomic E-state index is 0.296. The van der Waals surface area contributed by atoms with Crippen molar-refractivity contribution in [1.82, 2.24) is 4.90 Å². The minimum Gasteiger partial charge on any atom is -0.395 e. The molecule has 0 bridgehead atoms. The Labute approximate surface area is 110 Å². The fraction of sp³-hybridized carbons (Fsp3) is 0.625. The summed E-state index contributed by atoms with van der Waals surface area (Å²) in [6.07, 6.45) is 2.49. The van der Waals surface area contributed by atoms with E-state index in [4.69, 9.17) is 0 Å². The van der Waals surface area contributed by atoms with Crippen molar-refractivity contribution < 1.29 is 5.11 Å². The molecular weight excluding hydrogens is 222 g/mol. The van der Waals surface area contributed by atoms with Crippen molar-refractivity contribution >= 4 is 0 Å². The van der Waals surface area contributed by atoms with Crippen molar-refractivity contribution in [2.75, 3.05) is 13.2 Å². The molecule has 1 aromatic carbocycles. The first-order valence-corrected chi connectivity index (χ1v) is 6.95. The van der Waals surface area contributed by atoms with Crippen LogP contribution in [0.3, 0.4) is 0 Å². The van der Waals surface area contributed by atoms with E-state index in [1.807, 2.05) is 0 Å². The second kappa shape index (κ2) is 4.07. The smallest absolute Gasteiger partial charge is 0.0587 e. The van der Waals surface area contributed by atoms with Gasteiger partial charge >= 0.3 is 0 Å². The van der Waals surface area contributed by atoms with Crippen LogP contribution in [0.5, 0.6) is 0 Å². The maximum atomic E-state index is 9.60. The van der Waals surface area contributed by atoms with Gasteiger partial charge in [0, 0.05) is 19.1 Å². The highest BCUT2D eigenvalue weighted by atomic mass is 16.3. The molecule has 1 saturated carbocycles. The van der Waals surface area contributed by atoms with Gasteiger partial charge in [-0.05, 0) is 29.2 Å². The van der Waals surface area contributed by atoms with Crippen molar-refractivity contribution in [2.24, 2.45) is 10.8 Å². The van der Waals surface area contributed by atoms with Crippen LogP contribution in [0.2, 0.25) is 0 Å². The Kier molecular flexibility index (Phi) is 2.76. The standard InChI is InChI=1S/C16H23NO/c1-15(2)11-16(15)8-14(10-18)17(12-16)9-13-6-4-3-5-7-13/h3-7,14,18H,8-12H2,1-2H3/t14?,16-/m0/s1. The Morgan fingerprint density at radius 1 is 1.28 bits per heavy atom. The number of aliphatic hydroxyl groups is 1. The van der Waals surface area contributed by atoms with Crippen molar-refractivity contribution in [3.63, 3.8) is 0 Å². The van der Waals surface area contributed by atoms with Gasteiger partial charge in [-0.2, -0.15) is 0 Å². The van der Waals surface area contributed by atoms with Crippen LogP contribution in [0.15, 0.2) is 30.3 Å². The van der Waals surface area contributed by atoms with E-state index in [0.717, 1.165) is 13.1 Å². The number of hydrogen-bond donors (Lipinski definition) is 1. The molecule has 1 aliphatic heterocycles. The van der Waals surface area contributed by atoms with E-state index in [9.17, 15) is 5.11 Å². The van der Waals surface area contributed by atoms with Gasteiger partial charge in [0.1, 0.15) is 0 Å². The van der Waals surface area contributed by atoms with E-state index in [0.29, 0.717) is 23.5 Å². The van der Waals surface area contributed by atoms with E-state index >= 15 is 0 Å². The first-order valence-electron chi connectivity index (χ1n) is 6.95. The molecule has 1 heterocycles. The molecule has 1 spiro atoms. The van der Waals surface area contributed by atoms with Crippen LogP contribution >= 0.6 is 0 Å². The van der Waals surface area contributed by atoms with Gasteiger partial charge in [-0.25, -0.2) is 0 Å². The zero-order valence-electron chi connectivity index (χ0n) is 11.4. The van der Waals surface area contributed by atoms with Crippen LogP contribution in [0.4, 0.5) is 0 Å². The lowest BCUT2D eigenvalue weighted by atomic mass is 9.93. The first kappa shape index (κ1) is 12.2. The number of benzene rings is 1. The summed E-state index contributed by atoms with van der Waals surface area (Å²) in [7, 11) is 0. The molecule has 2 nitrogen and oxygen atoms in total. The van der Waals surface area contributed by atoms with E-state index < -0.39 is 0 Å². The number of aliphatic hydroxyl groups excluding tert-OH is 1. The molecule has 1 saturated heterocycles. The van der Waals surface area contributed by atoms with Crippen molar-refractivity contribution in [1.29, 1.82) is 0 Å². The summed E-state index contributed by atoms with van der Waals surface area (Å²) in [5.41, 5.74) is 2.31. The highest BCUT2D eigenvalue weighted by Gasteiger charge is 2.65. The molecule has 1 N–H and O–H groups in total. The third kappa shape index (κ3) is 1.88. The van der Waals surface area contributed by atoms with Crippen LogP contribution in [0.25, 0.3) is 0 Å². The second-order valence-corrected chi connectivity index (χ2v) is 6.77. The van der Waals surface area contributed by atoms with Gasteiger partial charge in [0.25, 0.3) is 0 Å². The quantitative estimate of drug-likeness (QED) is 0.885. The maximum Gasteiger partial charge on any atom is 0.0587 e. The second-order valence-electron chi connectivity index (χ2n) is 6.77. The molecule has 1 aromatic rings. The predicted molar refractivity (Wildman–Crippen MR) is 73.2 cm³/mol. The molecule has 0 amide bonds. The molecule has 2 fully saturated rings. The number of rotatable bonds is 3. The lowest BCUT2D eigenvalue weighted by Crippen LogP contribution is -2.31. The molecule has 1 unspecified atom stereocenters. The number of likely N-dealkylation sites (tertiary alicyclic amines) is 1. The van der Waals surface area contributed by atoms with E-state index in [1.54, 1.807) is 0 Å². The lowest BCUT2D eigenvalue weighted by Gasteiger charge is -2.22. The summed E-state index contributed by atoms with van der Waals surface area (Å²) < 4.78 is 0. The van der Waals surface area contributed by atoms with Crippen LogP contribution in [0, 0.1) is 10.8 Å². The Bertz CT molecular complexity index is 428. The maximum absolute atomic E-state index is 9.60. The summed E-state index contributed by atoms with van der Waals surface area (Å²) in [6.45, 7) is 7.16. The summed E-state index contributed by atoms with van der Waals surface area (Å²) in [6, 6.07) is 11.0. The molecular formula is C16H23NO. The van der Waals surface area contributed by atoms with Crippen LogP contribution in [-0.4, -0.2) is 29.2 Å². The summed E-state index contributed by atoms with van der Waals surface area (Å²) in [4.78, 5) is 2.48. The van der Waals surface area contributed by atoms with Gasteiger partial charge in [-0.1, -0.05) is 44.2 Å². The molecule has 98 valence electrons. The predicted octanol–water partition coefficient (Wildman–Crippen LogP) is 2.67. The largest absolute Gasteiger partial charge is 0.395 e. The van der Waals surface area contributed by atoms with Gasteiger partial charge in [0.15, 0.2) is 0 Å². The first-order chi connectivity index (χ1) is 8.56. The van der Waals surface area contributed by atoms with Gasteiger partial charge in [0.05, 0.1) is 6.61 Å². The summed E-state index contributed by atoms with van der Waals surface area (Å²) in [5, 5.41) is 9.60. The fourth-order valence-electron chi connectivity index (χ4n) is 3.77. The highest BCUT2D eigenvalue weighted by Crippen LogP contribution is 2.68. The summed E-state index contributed by atoms with van der Waals surface area (Å²) >= 11 is 0. The molecule has 2 heteroatoms. The third-order valence-corrected chi connectivity index (χ3v) is 5.18. The zero-order chi connectivity index (χ0) is 12.8. The van der Waals surface area contributed by atoms with Gasteiger partial charge < -0.3 is 5.11 Å². The van der Waals surface area contributed by atoms with Crippen LogP contribution in [0.1, 0.15) is 32.3 Å². The SMILES string of the molecule is CC1(C)C[C@]12CC(CO)N(Cc1ccccc1)C2. The Balaban J connectivity index is 1.73. The zero-order valence-corrected chi connectivity index (χ0v) is 11.4. The van der Waals surface area contributed by atoms with Crippen molar-refractivity contribution in [3.05, 3.63) is 35.9 Å². The van der Waals surface area contributed by atoms with Crippen LogP contribution in [-0.2, 0) is 6.54 Å². The molecule has 2 aliphatic rings. The molecule has 2 atom stereocenters. The van der Waals surface area contributed by atoms with Gasteiger partial charge in [-0.15, -0.1) is 0 Å². The molecule has 3 rings (SSSR count). The summed E-state index contributed by atoms with van der Waals surface area (Å²) in [5.74, 6) is 0. The fourth-order valence-corrected chi connectivity index (χ4v) is 3.77. The average molecular weight is 245 g/mol. The van der Waals surface area contributed by atoms with Crippen molar-refractivity contribution in [2.45, 2.75) is 39.3 Å². The Hall–Kier alpha value is -0.860. The minimum atomic E-state index is 0.296. The molecule has 0 radical (unpaired) electrons. The van der Waals surface area contributed by atoms with E-state index in [2.05, 4.69) is 49.1 Å². The molecule has 1 aliphatic carbocycles. The normalized spacial score (nSPS) is 34.1. The van der Waals surface area contributed by atoms with Gasteiger partial charge in [-0.3, -0.25) is 4.90 Å². The average Bonchev–Trinajstić information content (AvgIpc) is 2.69. The molecule has 0 aromatic heterocycles. The molecule has 18 heavy (non-hydrogen) atoms. The van der Waals surface area contributed by atoms with Crippen molar-refractivity contribution in [3.8, 4) is 0 Å².